The van der Waals surface area contributed by atoms with Crippen molar-refractivity contribution in [3.05, 3.63) is 39.6 Å². The Morgan fingerprint density at radius 2 is 2.32 bits per heavy atom. The molecule has 4 heteroatoms. The maximum Gasteiger partial charge on any atom is 0.122 e. The smallest absolute Gasteiger partial charge is 0.122 e. The Balaban J connectivity index is 1.53. The molecule has 2 heterocycles. The third-order valence-corrected chi connectivity index (χ3v) is 4.88. The van der Waals surface area contributed by atoms with Crippen LogP contribution in [0.15, 0.2) is 18.5 Å². The van der Waals surface area contributed by atoms with Crippen LogP contribution in [0, 0.1) is 0 Å². The number of nitrogens with one attached hydrogen (secondary N) is 1. The van der Waals surface area contributed by atoms with Crippen LogP contribution in [0.4, 0.5) is 0 Å². The molecular formula is C15H21N3S. The van der Waals surface area contributed by atoms with E-state index in [-0.39, 0.29) is 0 Å². The Labute approximate surface area is 118 Å². The van der Waals surface area contributed by atoms with Crippen LogP contribution in [0.2, 0.25) is 0 Å². The lowest BCUT2D eigenvalue weighted by Crippen LogP contribution is -2.16. The van der Waals surface area contributed by atoms with Gasteiger partial charge in [0.15, 0.2) is 0 Å². The Kier molecular flexibility index (Phi) is 3.99. The van der Waals surface area contributed by atoms with Gasteiger partial charge in [0.2, 0.25) is 0 Å². The summed E-state index contributed by atoms with van der Waals surface area (Å²) >= 11 is 1.98. The minimum absolute atomic E-state index is 0.857. The van der Waals surface area contributed by atoms with Gasteiger partial charge in [0.05, 0.1) is 6.54 Å². The summed E-state index contributed by atoms with van der Waals surface area (Å²) in [5, 5.41) is 3.52. The molecule has 0 bridgehead atoms. The summed E-state index contributed by atoms with van der Waals surface area (Å²) < 4.78 is 2.24. The van der Waals surface area contributed by atoms with E-state index in [2.05, 4.69) is 34.1 Å². The average molecular weight is 275 g/mol. The zero-order valence-corrected chi connectivity index (χ0v) is 12.3. The third kappa shape index (κ3) is 2.90. The monoisotopic (exact) mass is 275 g/mol. The molecule has 0 spiro atoms. The van der Waals surface area contributed by atoms with Crippen molar-refractivity contribution >= 4 is 11.3 Å². The van der Waals surface area contributed by atoms with E-state index in [1.54, 1.807) is 10.4 Å². The van der Waals surface area contributed by atoms with Crippen molar-refractivity contribution in [2.75, 3.05) is 0 Å². The molecule has 0 atom stereocenters. The van der Waals surface area contributed by atoms with E-state index >= 15 is 0 Å². The van der Waals surface area contributed by atoms with Gasteiger partial charge < -0.3 is 9.88 Å². The van der Waals surface area contributed by atoms with Gasteiger partial charge >= 0.3 is 0 Å². The van der Waals surface area contributed by atoms with E-state index in [1.807, 2.05) is 17.5 Å². The number of rotatable bonds is 6. The van der Waals surface area contributed by atoms with Crippen molar-refractivity contribution in [3.8, 4) is 0 Å². The van der Waals surface area contributed by atoms with Gasteiger partial charge in [0.1, 0.15) is 5.82 Å². The van der Waals surface area contributed by atoms with E-state index in [9.17, 15) is 0 Å². The molecule has 1 aliphatic carbocycles. The number of imidazole rings is 1. The lowest BCUT2D eigenvalue weighted by molar-refractivity contribution is 0.590. The van der Waals surface area contributed by atoms with Gasteiger partial charge in [0.25, 0.3) is 0 Å². The predicted octanol–water partition coefficient (Wildman–Crippen LogP) is 3.13. The lowest BCUT2D eigenvalue weighted by Gasteiger charge is -2.07. The molecule has 3 nitrogen and oxygen atoms in total. The van der Waals surface area contributed by atoms with Crippen LogP contribution < -0.4 is 5.32 Å². The molecule has 19 heavy (non-hydrogen) atoms. The summed E-state index contributed by atoms with van der Waals surface area (Å²) in [6.45, 7) is 5.08. The van der Waals surface area contributed by atoms with E-state index in [4.69, 9.17) is 0 Å². The highest BCUT2D eigenvalue weighted by Crippen LogP contribution is 2.30. The minimum Gasteiger partial charge on any atom is -0.334 e. The topological polar surface area (TPSA) is 29.9 Å². The normalized spacial score (nSPS) is 13.9. The van der Waals surface area contributed by atoms with Crippen LogP contribution >= 0.6 is 11.3 Å². The minimum atomic E-state index is 0.857. The Morgan fingerprint density at radius 3 is 3.16 bits per heavy atom. The summed E-state index contributed by atoms with van der Waals surface area (Å²) in [5.41, 5.74) is 1.59. The fraction of sp³-hybridized carbons (Fsp3) is 0.533. The molecule has 0 saturated heterocycles. The zero-order valence-electron chi connectivity index (χ0n) is 11.5. The summed E-state index contributed by atoms with van der Waals surface area (Å²) in [7, 11) is 0. The van der Waals surface area contributed by atoms with Crippen LogP contribution in [0.5, 0.6) is 0 Å². The SMILES string of the molecule is CCCn1ccnc1CNCc1cc2c(s1)CCC2. The summed E-state index contributed by atoms with van der Waals surface area (Å²) in [4.78, 5) is 7.51. The third-order valence-electron chi connectivity index (χ3n) is 3.65. The first kappa shape index (κ1) is 12.9. The summed E-state index contributed by atoms with van der Waals surface area (Å²) in [5.74, 6) is 1.14. The Morgan fingerprint density at radius 1 is 1.37 bits per heavy atom. The van der Waals surface area contributed by atoms with E-state index < -0.39 is 0 Å². The molecular weight excluding hydrogens is 254 g/mol. The van der Waals surface area contributed by atoms with Gasteiger partial charge in [-0.05, 0) is 37.3 Å². The predicted molar refractivity (Wildman–Crippen MR) is 79.4 cm³/mol. The number of aromatic nitrogens is 2. The zero-order chi connectivity index (χ0) is 13.1. The van der Waals surface area contributed by atoms with Crippen molar-refractivity contribution in [1.82, 2.24) is 14.9 Å². The number of nitrogens with zero attached hydrogens (tertiary/aromatic N) is 2. The number of hydrogen-bond acceptors (Lipinski definition) is 3. The maximum absolute atomic E-state index is 4.42. The quantitative estimate of drug-likeness (QED) is 0.878. The van der Waals surface area contributed by atoms with Crippen molar-refractivity contribution in [2.24, 2.45) is 0 Å². The molecule has 0 unspecified atom stereocenters. The second-order valence-corrected chi connectivity index (χ2v) is 6.38. The molecule has 0 aromatic carbocycles. The Bertz CT molecular complexity index is 520. The molecule has 2 aromatic rings. The van der Waals surface area contributed by atoms with Crippen LogP contribution in [0.3, 0.4) is 0 Å². The molecule has 1 aliphatic rings. The van der Waals surface area contributed by atoms with Gasteiger partial charge in [-0.1, -0.05) is 6.92 Å². The first-order valence-corrected chi connectivity index (χ1v) is 7.99. The second-order valence-electron chi connectivity index (χ2n) is 5.16. The van der Waals surface area contributed by atoms with Gasteiger partial charge in [-0.25, -0.2) is 4.98 Å². The average Bonchev–Trinajstić information content (AvgIpc) is 3.06. The Hall–Kier alpha value is -1.13. The van der Waals surface area contributed by atoms with Crippen molar-refractivity contribution in [3.63, 3.8) is 0 Å². The van der Waals surface area contributed by atoms with E-state index in [0.717, 1.165) is 31.9 Å². The first-order chi connectivity index (χ1) is 9.36. The standard InChI is InChI=1S/C15H21N3S/c1-2-7-18-8-6-17-15(18)11-16-10-13-9-12-4-3-5-14(12)19-13/h6,8-9,16H,2-5,7,10-11H2,1H3. The van der Waals surface area contributed by atoms with Crippen LogP contribution in [-0.2, 0) is 32.5 Å². The van der Waals surface area contributed by atoms with Gasteiger partial charge in [-0.15, -0.1) is 11.3 Å². The molecule has 0 amide bonds. The number of aryl methyl sites for hydroxylation is 3. The van der Waals surface area contributed by atoms with Crippen LogP contribution in [0.25, 0.3) is 0 Å². The molecule has 0 saturated carbocycles. The molecule has 0 aliphatic heterocycles. The maximum atomic E-state index is 4.42. The molecule has 3 rings (SSSR count). The fourth-order valence-corrected chi connectivity index (χ4v) is 3.96. The van der Waals surface area contributed by atoms with Crippen molar-refractivity contribution in [2.45, 2.75) is 52.2 Å². The van der Waals surface area contributed by atoms with Gasteiger partial charge in [-0.3, -0.25) is 0 Å². The molecule has 102 valence electrons. The lowest BCUT2D eigenvalue weighted by atomic mass is 10.2. The van der Waals surface area contributed by atoms with Crippen LogP contribution in [-0.4, -0.2) is 9.55 Å². The van der Waals surface area contributed by atoms with Crippen LogP contribution in [0.1, 0.15) is 40.9 Å². The highest BCUT2D eigenvalue weighted by atomic mass is 32.1. The molecule has 1 N–H and O–H groups in total. The molecule has 0 fully saturated rings. The largest absolute Gasteiger partial charge is 0.334 e. The van der Waals surface area contributed by atoms with E-state index in [1.165, 1.54) is 24.1 Å². The van der Waals surface area contributed by atoms with Gasteiger partial charge in [0, 0.05) is 35.2 Å². The summed E-state index contributed by atoms with van der Waals surface area (Å²) in [6, 6.07) is 2.39. The highest BCUT2D eigenvalue weighted by Gasteiger charge is 2.14. The summed E-state index contributed by atoms with van der Waals surface area (Å²) in [6.07, 6.45) is 9.05. The van der Waals surface area contributed by atoms with Crippen molar-refractivity contribution < 1.29 is 0 Å². The number of hydrogen-bond donors (Lipinski definition) is 1. The number of fused-ring (bicyclic) bond motifs is 1. The number of thiophene rings is 1. The van der Waals surface area contributed by atoms with E-state index in [0.29, 0.717) is 0 Å². The molecule has 2 aromatic heterocycles. The molecule has 0 radical (unpaired) electrons. The van der Waals surface area contributed by atoms with Gasteiger partial charge in [-0.2, -0.15) is 0 Å². The highest BCUT2D eigenvalue weighted by molar-refractivity contribution is 7.12. The fourth-order valence-electron chi connectivity index (χ4n) is 2.73. The second kappa shape index (κ2) is 5.88. The van der Waals surface area contributed by atoms with Crippen molar-refractivity contribution in [1.29, 1.82) is 0 Å². The first-order valence-electron chi connectivity index (χ1n) is 7.18.